The number of hydrogen-bond donors (Lipinski definition) is 1. The Morgan fingerprint density at radius 1 is 1.47 bits per heavy atom. The van der Waals surface area contributed by atoms with Gasteiger partial charge >= 0.3 is 0 Å². The molecule has 0 aliphatic heterocycles. The Morgan fingerprint density at radius 3 is 2.53 bits per heavy atom. The Hall–Kier alpha value is -0.790. The molecule has 0 fully saturated rings. The second kappa shape index (κ2) is 4.83. The minimum atomic E-state index is -3.70. The van der Waals surface area contributed by atoms with Crippen LogP contribution in [-0.2, 0) is 16.4 Å². The third-order valence-electron chi connectivity index (χ3n) is 2.57. The van der Waals surface area contributed by atoms with Crippen molar-refractivity contribution < 1.29 is 13.1 Å². The van der Waals surface area contributed by atoms with E-state index < -0.39 is 14.8 Å². The van der Waals surface area contributed by atoms with Gasteiger partial charge < -0.3 is 5.21 Å². The first-order valence-electron chi connectivity index (χ1n) is 4.97. The van der Waals surface area contributed by atoms with E-state index in [0.717, 1.165) is 4.73 Å². The predicted molar refractivity (Wildman–Crippen MR) is 68.1 cm³/mol. The fraction of sp³-hybridized carbons (Fsp3) is 0.500. The molecule has 0 saturated carbocycles. The molecular formula is C10H16N2O3S2. The van der Waals surface area contributed by atoms with Gasteiger partial charge in [0.15, 0.2) is 5.69 Å². The van der Waals surface area contributed by atoms with Crippen molar-refractivity contribution in [1.82, 2.24) is 0 Å². The van der Waals surface area contributed by atoms with Gasteiger partial charge in [-0.25, -0.2) is 13.6 Å². The summed E-state index contributed by atoms with van der Waals surface area (Å²) in [4.78, 5) is 0. The number of aromatic nitrogens is 1. The number of rotatable bonds is 4. The molecule has 2 N–H and O–H groups in total. The van der Waals surface area contributed by atoms with E-state index in [9.17, 15) is 13.6 Å². The highest BCUT2D eigenvalue weighted by molar-refractivity contribution is 7.98. The first kappa shape index (κ1) is 14.3. The zero-order chi connectivity index (χ0) is 13.3. The van der Waals surface area contributed by atoms with Crippen LogP contribution < -0.4 is 9.87 Å². The molecule has 1 rings (SSSR count). The number of nitrogens with zero attached hydrogens (tertiary/aromatic N) is 1. The molecule has 0 aliphatic carbocycles. The maximum Gasteiger partial charge on any atom is 0.251 e. The summed E-state index contributed by atoms with van der Waals surface area (Å²) < 4.78 is 22.4. The van der Waals surface area contributed by atoms with E-state index in [4.69, 9.17) is 5.14 Å². The van der Waals surface area contributed by atoms with Crippen LogP contribution in [0, 0.1) is 5.21 Å². The van der Waals surface area contributed by atoms with Crippen LogP contribution in [0.25, 0.3) is 0 Å². The van der Waals surface area contributed by atoms with Crippen LogP contribution in [0.2, 0.25) is 0 Å². The van der Waals surface area contributed by atoms with E-state index in [2.05, 4.69) is 0 Å². The summed E-state index contributed by atoms with van der Waals surface area (Å²) in [6.45, 7) is 3.02. The van der Waals surface area contributed by atoms with Gasteiger partial charge in [0.05, 0.1) is 11.2 Å². The number of hydrogen-bond acceptors (Lipinski definition) is 4. The van der Waals surface area contributed by atoms with Crippen LogP contribution >= 0.6 is 11.8 Å². The van der Waals surface area contributed by atoms with Crippen molar-refractivity contribution in [3.05, 3.63) is 29.1 Å². The van der Waals surface area contributed by atoms with Crippen LogP contribution in [-0.4, -0.2) is 19.4 Å². The third-order valence-corrected chi connectivity index (χ3v) is 4.98. The Bertz CT molecular complexity index is 512. The molecule has 1 aromatic heterocycles. The normalized spacial score (nSPS) is 12.7. The van der Waals surface area contributed by atoms with Crippen LogP contribution in [0.3, 0.4) is 0 Å². The van der Waals surface area contributed by atoms with Gasteiger partial charge in [-0.3, -0.25) is 0 Å². The lowest BCUT2D eigenvalue weighted by molar-refractivity contribution is -0.653. The molecule has 1 heterocycles. The SMILES string of the molecule is CSc1cccc(CC(C)(C)S(N)(=O)=O)[n+]1[O-]. The second-order valence-electron chi connectivity index (χ2n) is 4.34. The minimum Gasteiger partial charge on any atom is -0.618 e. The lowest BCUT2D eigenvalue weighted by Crippen LogP contribution is -2.44. The van der Waals surface area contributed by atoms with E-state index in [1.807, 2.05) is 0 Å². The molecule has 0 bridgehead atoms. The van der Waals surface area contributed by atoms with Crippen LogP contribution in [0.5, 0.6) is 0 Å². The summed E-state index contributed by atoms with van der Waals surface area (Å²) in [5, 5.41) is 17.5. The van der Waals surface area contributed by atoms with Gasteiger partial charge in [0, 0.05) is 12.1 Å². The Labute approximate surface area is 106 Å². The largest absolute Gasteiger partial charge is 0.618 e. The molecule has 17 heavy (non-hydrogen) atoms. The standard InChI is InChI=1S/C10H16N2O3S2/c1-10(2,17(11,14)15)7-8-5-4-6-9(16-3)12(8)13/h4-6H,7H2,1-3H3,(H2,11,14,15). The van der Waals surface area contributed by atoms with E-state index in [1.54, 1.807) is 24.5 Å². The van der Waals surface area contributed by atoms with Crippen LogP contribution in [0.1, 0.15) is 19.5 Å². The van der Waals surface area contributed by atoms with Gasteiger partial charge in [-0.2, -0.15) is 4.73 Å². The Kier molecular flexibility index (Phi) is 4.06. The van der Waals surface area contributed by atoms with E-state index >= 15 is 0 Å². The highest BCUT2D eigenvalue weighted by Gasteiger charge is 2.34. The molecule has 0 unspecified atom stereocenters. The van der Waals surface area contributed by atoms with Crippen molar-refractivity contribution >= 4 is 21.8 Å². The van der Waals surface area contributed by atoms with Crippen molar-refractivity contribution in [1.29, 1.82) is 0 Å². The average Bonchev–Trinajstić information content (AvgIpc) is 2.19. The molecule has 0 aromatic carbocycles. The molecule has 0 amide bonds. The summed E-state index contributed by atoms with van der Waals surface area (Å²) in [6.07, 6.45) is 1.88. The fourth-order valence-electron chi connectivity index (χ4n) is 1.34. The Morgan fingerprint density at radius 2 is 2.06 bits per heavy atom. The third kappa shape index (κ3) is 3.11. The van der Waals surface area contributed by atoms with Gasteiger partial charge in [0.25, 0.3) is 5.03 Å². The minimum absolute atomic E-state index is 0.0870. The van der Waals surface area contributed by atoms with Crippen molar-refractivity contribution in [2.75, 3.05) is 6.26 Å². The summed E-state index contributed by atoms with van der Waals surface area (Å²) in [5.74, 6) is 0. The van der Waals surface area contributed by atoms with Crippen molar-refractivity contribution in [2.45, 2.75) is 30.0 Å². The molecule has 0 radical (unpaired) electrons. The van der Waals surface area contributed by atoms with Gasteiger partial charge in [-0.05, 0) is 26.2 Å². The summed E-state index contributed by atoms with van der Waals surface area (Å²) >= 11 is 1.31. The van der Waals surface area contributed by atoms with Crippen LogP contribution in [0.15, 0.2) is 23.2 Å². The molecule has 0 aliphatic rings. The van der Waals surface area contributed by atoms with Crippen molar-refractivity contribution in [2.24, 2.45) is 5.14 Å². The number of primary sulfonamides is 1. The molecular weight excluding hydrogens is 260 g/mol. The van der Waals surface area contributed by atoms with Crippen molar-refractivity contribution in [3.63, 3.8) is 0 Å². The van der Waals surface area contributed by atoms with E-state index in [-0.39, 0.29) is 6.42 Å². The molecule has 1 aromatic rings. The Balaban J connectivity index is 3.13. The number of thioether (sulfide) groups is 1. The number of sulfonamides is 1. The summed E-state index contributed by atoms with van der Waals surface area (Å²) in [5.41, 5.74) is 0.399. The van der Waals surface area contributed by atoms with Gasteiger partial charge in [-0.1, -0.05) is 11.8 Å². The molecule has 0 spiro atoms. The van der Waals surface area contributed by atoms with Gasteiger partial charge in [0.2, 0.25) is 10.0 Å². The smallest absolute Gasteiger partial charge is 0.251 e. The predicted octanol–water partition coefficient (Wildman–Crippen LogP) is 0.652. The van der Waals surface area contributed by atoms with E-state index in [1.165, 1.54) is 25.6 Å². The molecule has 5 nitrogen and oxygen atoms in total. The summed E-state index contributed by atoms with van der Waals surface area (Å²) in [7, 11) is -3.70. The number of nitrogens with two attached hydrogens (primary N) is 1. The van der Waals surface area contributed by atoms with Gasteiger partial charge in [0.1, 0.15) is 0 Å². The maximum atomic E-state index is 11.9. The summed E-state index contributed by atoms with van der Waals surface area (Å²) in [6, 6.07) is 5.03. The zero-order valence-corrected chi connectivity index (χ0v) is 11.6. The second-order valence-corrected chi connectivity index (χ2v) is 7.36. The fourth-order valence-corrected chi connectivity index (χ4v) is 2.18. The number of pyridine rings is 1. The molecule has 96 valence electrons. The lowest BCUT2D eigenvalue weighted by atomic mass is 10.1. The highest BCUT2D eigenvalue weighted by Crippen LogP contribution is 2.19. The quantitative estimate of drug-likeness (QED) is 0.497. The first-order valence-corrected chi connectivity index (χ1v) is 7.74. The first-order chi connectivity index (χ1) is 7.69. The monoisotopic (exact) mass is 276 g/mol. The molecule has 0 saturated heterocycles. The zero-order valence-electron chi connectivity index (χ0n) is 10.0. The topological polar surface area (TPSA) is 87.1 Å². The van der Waals surface area contributed by atoms with Crippen LogP contribution in [0.4, 0.5) is 0 Å². The average molecular weight is 276 g/mol. The maximum absolute atomic E-state index is 11.9. The van der Waals surface area contributed by atoms with E-state index in [0.29, 0.717) is 10.7 Å². The van der Waals surface area contributed by atoms with Gasteiger partial charge in [-0.15, -0.1) is 0 Å². The molecule has 0 atom stereocenters. The lowest BCUT2D eigenvalue weighted by Gasteiger charge is -2.21. The highest BCUT2D eigenvalue weighted by atomic mass is 32.2. The molecule has 7 heteroatoms. The van der Waals surface area contributed by atoms with Crippen molar-refractivity contribution in [3.8, 4) is 0 Å².